The van der Waals surface area contributed by atoms with Crippen LogP contribution in [0, 0.1) is 0 Å². The SMILES string of the molecule is CC1CSCCN1C(=O)COC1CCNCC1. The lowest BCUT2D eigenvalue weighted by atomic mass is 10.1. The highest BCUT2D eigenvalue weighted by Crippen LogP contribution is 2.16. The van der Waals surface area contributed by atoms with E-state index in [0.29, 0.717) is 6.04 Å². The number of ether oxygens (including phenoxy) is 1. The number of hydrogen-bond donors (Lipinski definition) is 1. The number of thioether (sulfide) groups is 1. The second-order valence-electron chi connectivity index (χ2n) is 4.77. The maximum absolute atomic E-state index is 12.0. The first-order valence-electron chi connectivity index (χ1n) is 6.47. The number of piperidine rings is 1. The fourth-order valence-corrected chi connectivity index (χ4v) is 3.35. The molecule has 1 unspecified atom stereocenters. The molecular formula is C12H22N2O2S. The Morgan fingerprint density at radius 2 is 2.24 bits per heavy atom. The van der Waals surface area contributed by atoms with Crippen molar-refractivity contribution in [2.75, 3.05) is 37.7 Å². The van der Waals surface area contributed by atoms with Crippen LogP contribution in [0.25, 0.3) is 0 Å². The van der Waals surface area contributed by atoms with Crippen molar-refractivity contribution in [1.29, 1.82) is 0 Å². The molecule has 2 heterocycles. The molecule has 2 fully saturated rings. The summed E-state index contributed by atoms with van der Waals surface area (Å²) in [6, 6.07) is 0.359. The van der Waals surface area contributed by atoms with Crippen LogP contribution in [-0.2, 0) is 9.53 Å². The molecule has 4 nitrogen and oxygen atoms in total. The predicted octanol–water partition coefficient (Wildman–Crippen LogP) is 0.719. The Balaban J connectivity index is 1.72. The molecule has 17 heavy (non-hydrogen) atoms. The summed E-state index contributed by atoms with van der Waals surface area (Å²) < 4.78 is 5.71. The Kier molecular flexibility index (Phi) is 5.13. The zero-order valence-electron chi connectivity index (χ0n) is 10.5. The van der Waals surface area contributed by atoms with Crippen LogP contribution in [0.15, 0.2) is 0 Å². The first-order chi connectivity index (χ1) is 8.27. The Labute approximate surface area is 107 Å². The van der Waals surface area contributed by atoms with Crippen molar-refractivity contribution < 1.29 is 9.53 Å². The molecule has 2 aliphatic heterocycles. The van der Waals surface area contributed by atoms with Crippen molar-refractivity contribution in [3.63, 3.8) is 0 Å². The molecule has 0 spiro atoms. The summed E-state index contributed by atoms with van der Waals surface area (Å²) in [5, 5.41) is 3.29. The minimum atomic E-state index is 0.163. The largest absolute Gasteiger partial charge is 0.368 e. The lowest BCUT2D eigenvalue weighted by molar-refractivity contribution is -0.140. The Hall–Kier alpha value is -0.260. The fourth-order valence-electron chi connectivity index (χ4n) is 2.33. The maximum Gasteiger partial charge on any atom is 0.248 e. The van der Waals surface area contributed by atoms with Crippen LogP contribution in [0.4, 0.5) is 0 Å². The standard InChI is InChI=1S/C12H22N2O2S/c1-10-9-17-7-6-14(10)12(15)8-16-11-2-4-13-5-3-11/h10-11,13H,2-9H2,1H3. The summed E-state index contributed by atoms with van der Waals surface area (Å²) in [6.45, 7) is 5.28. The molecule has 0 aromatic carbocycles. The van der Waals surface area contributed by atoms with E-state index in [1.54, 1.807) is 0 Å². The van der Waals surface area contributed by atoms with Crippen molar-refractivity contribution in [3.8, 4) is 0 Å². The van der Waals surface area contributed by atoms with E-state index in [4.69, 9.17) is 4.74 Å². The van der Waals surface area contributed by atoms with Gasteiger partial charge in [-0.1, -0.05) is 0 Å². The normalized spacial score (nSPS) is 27.1. The Morgan fingerprint density at radius 3 is 2.94 bits per heavy atom. The quantitative estimate of drug-likeness (QED) is 0.810. The third kappa shape index (κ3) is 3.86. The van der Waals surface area contributed by atoms with Crippen LogP contribution < -0.4 is 5.32 Å². The summed E-state index contributed by atoms with van der Waals surface area (Å²) in [7, 11) is 0. The topological polar surface area (TPSA) is 41.6 Å². The molecule has 5 heteroatoms. The van der Waals surface area contributed by atoms with Crippen LogP contribution >= 0.6 is 11.8 Å². The van der Waals surface area contributed by atoms with E-state index in [-0.39, 0.29) is 18.6 Å². The van der Waals surface area contributed by atoms with Gasteiger partial charge in [-0.25, -0.2) is 0 Å². The maximum atomic E-state index is 12.0. The van der Waals surface area contributed by atoms with E-state index in [2.05, 4.69) is 12.2 Å². The van der Waals surface area contributed by atoms with Crippen LogP contribution in [0.2, 0.25) is 0 Å². The van der Waals surface area contributed by atoms with Crippen LogP contribution in [0.3, 0.4) is 0 Å². The molecule has 98 valence electrons. The fraction of sp³-hybridized carbons (Fsp3) is 0.917. The average molecular weight is 258 g/mol. The molecule has 1 N–H and O–H groups in total. The molecule has 2 aliphatic rings. The van der Waals surface area contributed by atoms with E-state index < -0.39 is 0 Å². The average Bonchev–Trinajstić information content (AvgIpc) is 2.38. The number of nitrogens with one attached hydrogen (secondary N) is 1. The van der Waals surface area contributed by atoms with Crippen molar-refractivity contribution in [2.45, 2.75) is 31.9 Å². The van der Waals surface area contributed by atoms with Gasteiger partial charge in [-0.3, -0.25) is 4.79 Å². The zero-order chi connectivity index (χ0) is 12.1. The van der Waals surface area contributed by atoms with Gasteiger partial charge in [0.1, 0.15) is 6.61 Å². The minimum Gasteiger partial charge on any atom is -0.368 e. The highest BCUT2D eigenvalue weighted by molar-refractivity contribution is 7.99. The van der Waals surface area contributed by atoms with Gasteiger partial charge in [-0.05, 0) is 32.9 Å². The summed E-state index contributed by atoms with van der Waals surface area (Å²) in [5.41, 5.74) is 0. The van der Waals surface area contributed by atoms with Gasteiger partial charge in [-0.15, -0.1) is 0 Å². The molecule has 0 aromatic heterocycles. The number of amides is 1. The number of nitrogens with zero attached hydrogens (tertiary/aromatic N) is 1. The molecule has 0 saturated carbocycles. The van der Waals surface area contributed by atoms with Gasteiger partial charge in [0.2, 0.25) is 5.91 Å². The first-order valence-corrected chi connectivity index (χ1v) is 7.62. The highest BCUT2D eigenvalue weighted by atomic mass is 32.2. The van der Waals surface area contributed by atoms with E-state index in [1.165, 1.54) is 0 Å². The third-order valence-corrected chi connectivity index (χ3v) is 4.61. The van der Waals surface area contributed by atoms with Crippen LogP contribution in [0.1, 0.15) is 19.8 Å². The lowest BCUT2D eigenvalue weighted by Crippen LogP contribution is -2.46. The summed E-state index contributed by atoms with van der Waals surface area (Å²) in [6.07, 6.45) is 2.33. The summed E-state index contributed by atoms with van der Waals surface area (Å²) in [5.74, 6) is 2.28. The Morgan fingerprint density at radius 1 is 1.47 bits per heavy atom. The molecule has 1 atom stereocenters. The monoisotopic (exact) mass is 258 g/mol. The zero-order valence-corrected chi connectivity index (χ0v) is 11.3. The van der Waals surface area contributed by atoms with Crippen molar-refractivity contribution in [1.82, 2.24) is 10.2 Å². The lowest BCUT2D eigenvalue weighted by Gasteiger charge is -2.33. The van der Waals surface area contributed by atoms with Crippen LogP contribution in [0.5, 0.6) is 0 Å². The van der Waals surface area contributed by atoms with Crippen molar-refractivity contribution in [2.24, 2.45) is 0 Å². The van der Waals surface area contributed by atoms with E-state index in [0.717, 1.165) is 44.0 Å². The summed E-state index contributed by atoms with van der Waals surface area (Å²) >= 11 is 1.93. The van der Waals surface area contributed by atoms with Gasteiger partial charge in [0, 0.05) is 24.1 Å². The molecule has 2 rings (SSSR count). The first kappa shape index (κ1) is 13.2. The van der Waals surface area contributed by atoms with E-state index in [1.807, 2.05) is 16.7 Å². The smallest absolute Gasteiger partial charge is 0.248 e. The molecule has 0 bridgehead atoms. The van der Waals surface area contributed by atoms with Gasteiger partial charge >= 0.3 is 0 Å². The molecule has 0 aliphatic carbocycles. The Bertz CT molecular complexity index is 257. The van der Waals surface area contributed by atoms with Gasteiger partial charge in [-0.2, -0.15) is 11.8 Å². The highest BCUT2D eigenvalue weighted by Gasteiger charge is 2.24. The van der Waals surface area contributed by atoms with Gasteiger partial charge in [0.05, 0.1) is 6.10 Å². The minimum absolute atomic E-state index is 0.163. The third-order valence-electron chi connectivity index (χ3n) is 3.42. The van der Waals surface area contributed by atoms with Crippen molar-refractivity contribution in [3.05, 3.63) is 0 Å². The van der Waals surface area contributed by atoms with Gasteiger partial charge in [0.25, 0.3) is 0 Å². The van der Waals surface area contributed by atoms with E-state index >= 15 is 0 Å². The number of carbonyl (C=O) groups is 1. The van der Waals surface area contributed by atoms with Crippen molar-refractivity contribution >= 4 is 17.7 Å². The number of carbonyl (C=O) groups excluding carboxylic acids is 1. The second kappa shape index (κ2) is 6.61. The molecular weight excluding hydrogens is 236 g/mol. The number of rotatable bonds is 3. The molecule has 2 saturated heterocycles. The number of hydrogen-bond acceptors (Lipinski definition) is 4. The van der Waals surface area contributed by atoms with Gasteiger partial charge < -0.3 is 15.0 Å². The van der Waals surface area contributed by atoms with E-state index in [9.17, 15) is 4.79 Å². The summed E-state index contributed by atoms with van der Waals surface area (Å²) in [4.78, 5) is 14.0. The predicted molar refractivity (Wildman–Crippen MR) is 70.3 cm³/mol. The molecule has 1 amide bonds. The van der Waals surface area contributed by atoms with Gasteiger partial charge in [0.15, 0.2) is 0 Å². The van der Waals surface area contributed by atoms with Crippen LogP contribution in [-0.4, -0.2) is 60.7 Å². The second-order valence-corrected chi connectivity index (χ2v) is 5.92. The molecule has 0 radical (unpaired) electrons. The molecule has 0 aromatic rings.